The van der Waals surface area contributed by atoms with Crippen LogP contribution in [0.1, 0.15) is 12.5 Å². The van der Waals surface area contributed by atoms with E-state index in [1.54, 1.807) is 12.1 Å². The lowest BCUT2D eigenvalue weighted by atomic mass is 10.1. The molecule has 0 atom stereocenters. The van der Waals surface area contributed by atoms with Crippen LogP contribution in [0.25, 0.3) is 5.57 Å². The Morgan fingerprint density at radius 1 is 1.42 bits per heavy atom. The molecule has 0 aliphatic heterocycles. The average molecular weight is 181 g/mol. The van der Waals surface area contributed by atoms with Crippen LogP contribution in [0, 0.1) is 0 Å². The quantitative estimate of drug-likeness (QED) is 0.640. The highest BCUT2D eigenvalue weighted by atomic mass is 35.5. The number of hydrogen-bond donors (Lipinski definition) is 0. The van der Waals surface area contributed by atoms with Gasteiger partial charge < -0.3 is 0 Å². The number of hydrogen-bond acceptors (Lipinski definition) is 1. The average Bonchev–Trinajstić information content (AvgIpc) is 2.04. The van der Waals surface area contributed by atoms with Gasteiger partial charge in [0.2, 0.25) is 0 Å². The monoisotopic (exact) mass is 180 g/mol. The summed E-state index contributed by atoms with van der Waals surface area (Å²) in [5.41, 5.74) is 1.17. The van der Waals surface area contributed by atoms with Gasteiger partial charge in [0.15, 0.2) is 5.78 Å². The summed E-state index contributed by atoms with van der Waals surface area (Å²) >= 11 is 5.85. The van der Waals surface area contributed by atoms with E-state index in [9.17, 15) is 4.79 Å². The third-order valence-electron chi connectivity index (χ3n) is 1.62. The third-order valence-corrected chi connectivity index (χ3v) is 1.95. The Morgan fingerprint density at radius 2 is 2.00 bits per heavy atom. The van der Waals surface area contributed by atoms with Gasteiger partial charge in [-0.3, -0.25) is 4.79 Å². The minimum atomic E-state index is -0.0527. The third kappa shape index (κ3) is 1.74. The Kier molecular flexibility index (Phi) is 2.66. The fourth-order valence-electron chi connectivity index (χ4n) is 0.896. The molecule has 0 amide bonds. The summed E-state index contributed by atoms with van der Waals surface area (Å²) in [4.78, 5) is 10.9. The maximum absolute atomic E-state index is 10.9. The second-order valence-corrected chi connectivity index (χ2v) is 2.92. The van der Waals surface area contributed by atoms with E-state index in [2.05, 4.69) is 6.58 Å². The van der Waals surface area contributed by atoms with Gasteiger partial charge in [-0.1, -0.05) is 36.4 Å². The molecule has 0 unspecified atom stereocenters. The van der Waals surface area contributed by atoms with Gasteiger partial charge >= 0.3 is 0 Å². The summed E-state index contributed by atoms with van der Waals surface area (Å²) in [7, 11) is 0. The molecule has 1 aromatic carbocycles. The van der Waals surface area contributed by atoms with Gasteiger partial charge in [-0.2, -0.15) is 0 Å². The first-order valence-corrected chi connectivity index (χ1v) is 3.95. The fourth-order valence-corrected chi connectivity index (χ4v) is 1.15. The lowest BCUT2D eigenvalue weighted by Gasteiger charge is -2.02. The van der Waals surface area contributed by atoms with Crippen LogP contribution in [0.3, 0.4) is 0 Å². The summed E-state index contributed by atoms with van der Waals surface area (Å²) in [5, 5.41) is 0.567. The van der Waals surface area contributed by atoms with E-state index in [1.807, 2.05) is 12.1 Å². The Labute approximate surface area is 76.7 Å². The van der Waals surface area contributed by atoms with Gasteiger partial charge in [-0.25, -0.2) is 0 Å². The van der Waals surface area contributed by atoms with Crippen LogP contribution in [0.15, 0.2) is 30.8 Å². The van der Waals surface area contributed by atoms with Crippen molar-refractivity contribution in [3.8, 4) is 0 Å². The van der Waals surface area contributed by atoms with E-state index in [1.165, 1.54) is 6.92 Å². The highest BCUT2D eigenvalue weighted by Crippen LogP contribution is 2.22. The lowest BCUT2D eigenvalue weighted by molar-refractivity contribution is -0.111. The van der Waals surface area contributed by atoms with Crippen molar-refractivity contribution in [3.63, 3.8) is 0 Å². The zero-order valence-corrected chi connectivity index (χ0v) is 7.56. The van der Waals surface area contributed by atoms with Crippen LogP contribution >= 0.6 is 11.6 Å². The molecule has 0 aromatic heterocycles. The van der Waals surface area contributed by atoms with Crippen molar-refractivity contribution in [2.45, 2.75) is 6.92 Å². The molecule has 62 valence electrons. The van der Waals surface area contributed by atoms with Gasteiger partial charge in [0.1, 0.15) is 0 Å². The Bertz CT molecular complexity index is 328. The topological polar surface area (TPSA) is 17.1 Å². The number of benzene rings is 1. The van der Waals surface area contributed by atoms with Crippen molar-refractivity contribution in [1.82, 2.24) is 0 Å². The zero-order valence-electron chi connectivity index (χ0n) is 6.80. The molecular weight excluding hydrogens is 172 g/mol. The van der Waals surface area contributed by atoms with Crippen molar-refractivity contribution in [2.75, 3.05) is 0 Å². The molecule has 1 nitrogen and oxygen atoms in total. The van der Waals surface area contributed by atoms with Crippen molar-refractivity contribution >= 4 is 23.0 Å². The summed E-state index contributed by atoms with van der Waals surface area (Å²) < 4.78 is 0. The highest BCUT2D eigenvalue weighted by Gasteiger charge is 2.06. The minimum Gasteiger partial charge on any atom is -0.295 e. The van der Waals surface area contributed by atoms with Crippen molar-refractivity contribution < 1.29 is 4.79 Å². The van der Waals surface area contributed by atoms with Crippen LogP contribution in [-0.4, -0.2) is 5.78 Å². The lowest BCUT2D eigenvalue weighted by Crippen LogP contribution is -1.94. The van der Waals surface area contributed by atoms with E-state index in [0.29, 0.717) is 16.2 Å². The first-order valence-electron chi connectivity index (χ1n) is 3.57. The standard InChI is InChI=1S/C10H9ClO/c1-7(8(2)12)9-5-3-4-6-10(9)11/h3-6H,1H2,2H3. The molecule has 0 bridgehead atoms. The van der Waals surface area contributed by atoms with Gasteiger partial charge in [-0.05, 0) is 13.0 Å². The van der Waals surface area contributed by atoms with Crippen LogP contribution in [0.4, 0.5) is 0 Å². The molecule has 0 aliphatic rings. The first-order chi connectivity index (χ1) is 5.63. The number of carbonyl (C=O) groups excluding carboxylic acids is 1. The second kappa shape index (κ2) is 3.55. The van der Waals surface area contributed by atoms with E-state index in [0.717, 1.165) is 0 Å². The second-order valence-electron chi connectivity index (χ2n) is 2.51. The number of carbonyl (C=O) groups is 1. The fraction of sp³-hybridized carbons (Fsp3) is 0.100. The minimum absolute atomic E-state index is 0.0527. The first kappa shape index (κ1) is 9.01. The molecule has 0 spiro atoms. The Hall–Kier alpha value is -1.08. The molecule has 0 saturated heterocycles. The summed E-state index contributed by atoms with van der Waals surface area (Å²) in [5.74, 6) is -0.0527. The zero-order chi connectivity index (χ0) is 9.14. The maximum Gasteiger partial charge on any atom is 0.159 e. The number of Topliss-reactive ketones (excluding diaryl/α,β-unsaturated/α-hetero) is 1. The van der Waals surface area contributed by atoms with Gasteiger partial charge in [0.25, 0.3) is 0 Å². The molecule has 1 rings (SSSR count). The molecule has 12 heavy (non-hydrogen) atoms. The van der Waals surface area contributed by atoms with E-state index < -0.39 is 0 Å². The molecule has 0 radical (unpaired) electrons. The number of allylic oxidation sites excluding steroid dienone is 1. The largest absolute Gasteiger partial charge is 0.295 e. The Morgan fingerprint density at radius 3 is 2.50 bits per heavy atom. The highest BCUT2D eigenvalue weighted by molar-refractivity contribution is 6.34. The molecule has 2 heteroatoms. The van der Waals surface area contributed by atoms with E-state index in [4.69, 9.17) is 11.6 Å². The molecule has 0 heterocycles. The number of rotatable bonds is 2. The van der Waals surface area contributed by atoms with E-state index >= 15 is 0 Å². The van der Waals surface area contributed by atoms with Crippen LogP contribution in [0.2, 0.25) is 5.02 Å². The van der Waals surface area contributed by atoms with Crippen LogP contribution in [-0.2, 0) is 4.79 Å². The summed E-state index contributed by atoms with van der Waals surface area (Å²) in [6, 6.07) is 7.17. The summed E-state index contributed by atoms with van der Waals surface area (Å²) in [6.07, 6.45) is 0. The molecule has 0 fully saturated rings. The predicted octanol–water partition coefficient (Wildman–Crippen LogP) is 2.94. The molecule has 0 aliphatic carbocycles. The molecular formula is C10H9ClO. The van der Waals surface area contributed by atoms with Gasteiger partial charge in [0.05, 0.1) is 0 Å². The van der Waals surface area contributed by atoms with Crippen molar-refractivity contribution in [3.05, 3.63) is 41.4 Å². The van der Waals surface area contributed by atoms with Gasteiger partial charge in [0, 0.05) is 16.2 Å². The Balaban J connectivity index is 3.11. The van der Waals surface area contributed by atoms with Crippen molar-refractivity contribution in [1.29, 1.82) is 0 Å². The van der Waals surface area contributed by atoms with Crippen LogP contribution in [0.5, 0.6) is 0 Å². The van der Waals surface area contributed by atoms with Crippen LogP contribution < -0.4 is 0 Å². The number of ketones is 1. The molecule has 1 aromatic rings. The molecule has 0 N–H and O–H groups in total. The van der Waals surface area contributed by atoms with E-state index in [-0.39, 0.29) is 5.78 Å². The molecule has 0 saturated carbocycles. The SMILES string of the molecule is C=C(C(C)=O)c1ccccc1Cl. The predicted molar refractivity (Wildman–Crippen MR) is 51.2 cm³/mol. The number of halogens is 1. The smallest absolute Gasteiger partial charge is 0.159 e. The van der Waals surface area contributed by atoms with Gasteiger partial charge in [-0.15, -0.1) is 0 Å². The maximum atomic E-state index is 10.9. The summed E-state index contributed by atoms with van der Waals surface area (Å²) in [6.45, 7) is 5.13. The normalized spacial score (nSPS) is 9.50. The van der Waals surface area contributed by atoms with Crippen molar-refractivity contribution in [2.24, 2.45) is 0 Å².